The summed E-state index contributed by atoms with van der Waals surface area (Å²) in [5.74, 6) is 1.61. The Hall–Kier alpha value is -6.14. The summed E-state index contributed by atoms with van der Waals surface area (Å²) in [6.07, 6.45) is 2.45. The summed E-state index contributed by atoms with van der Waals surface area (Å²) in [6.45, 7) is 0. The minimum absolute atomic E-state index is 0.613. The van der Waals surface area contributed by atoms with Crippen LogP contribution in [0.2, 0.25) is 0 Å². The molecular formula is C41H34N2O4. The van der Waals surface area contributed by atoms with Crippen LogP contribution in [0.25, 0.3) is 0 Å². The van der Waals surface area contributed by atoms with E-state index in [1.807, 2.05) is 48.5 Å². The van der Waals surface area contributed by atoms with E-state index in [2.05, 4.69) is 82.6 Å². The average Bonchev–Trinajstić information content (AvgIpc) is 3.14. The van der Waals surface area contributed by atoms with Crippen LogP contribution in [0.1, 0.15) is 31.8 Å². The lowest BCUT2D eigenvalue weighted by atomic mass is 10.0. The number of benzene rings is 6. The zero-order valence-corrected chi connectivity index (χ0v) is 26.2. The number of anilines is 6. The lowest BCUT2D eigenvalue weighted by molar-refractivity contribution is 0.111. The van der Waals surface area contributed by atoms with Gasteiger partial charge in [-0.3, -0.25) is 9.59 Å². The van der Waals surface area contributed by atoms with Crippen molar-refractivity contribution in [1.82, 2.24) is 0 Å². The van der Waals surface area contributed by atoms with Gasteiger partial charge in [-0.15, -0.1) is 0 Å². The second-order valence-corrected chi connectivity index (χ2v) is 11.0. The SMILES string of the molecule is COc1ccc(N(c2ccc(Cc3ccc(N(c4ccc(C=O)cc4)c4ccc(C=O)cc4)cc3)cc2)c2ccc(OC)cc2)cc1. The molecule has 0 saturated heterocycles. The van der Waals surface area contributed by atoms with Gasteiger partial charge in [-0.25, -0.2) is 0 Å². The highest BCUT2D eigenvalue weighted by Crippen LogP contribution is 2.37. The van der Waals surface area contributed by atoms with E-state index < -0.39 is 0 Å². The topological polar surface area (TPSA) is 59.1 Å². The molecule has 6 aromatic carbocycles. The van der Waals surface area contributed by atoms with Gasteiger partial charge in [0.05, 0.1) is 14.2 Å². The number of methoxy groups -OCH3 is 2. The van der Waals surface area contributed by atoms with Gasteiger partial charge in [0, 0.05) is 45.3 Å². The van der Waals surface area contributed by atoms with Crippen LogP contribution >= 0.6 is 0 Å². The average molecular weight is 619 g/mol. The molecule has 6 nitrogen and oxygen atoms in total. The highest BCUT2D eigenvalue weighted by molar-refractivity contribution is 5.82. The van der Waals surface area contributed by atoms with Crippen molar-refractivity contribution in [2.24, 2.45) is 0 Å². The molecule has 47 heavy (non-hydrogen) atoms. The van der Waals surface area contributed by atoms with Crippen LogP contribution in [-0.2, 0) is 6.42 Å². The predicted molar refractivity (Wildman–Crippen MR) is 189 cm³/mol. The van der Waals surface area contributed by atoms with Gasteiger partial charge in [0.15, 0.2) is 0 Å². The number of hydrogen-bond acceptors (Lipinski definition) is 6. The molecule has 0 bridgehead atoms. The van der Waals surface area contributed by atoms with Crippen molar-refractivity contribution in [2.75, 3.05) is 24.0 Å². The standard InChI is InChI=1S/C41H34N2O4/c1-46-40-23-19-38(20-24-40)43(39-21-25-41(47-2)26-22-39)35-13-5-31(6-14-35)27-30-3-11-34(12-4-30)42(36-15-7-32(28-44)8-16-36)37-17-9-33(29-45)10-18-37/h3-26,28-29H,27H2,1-2H3. The van der Waals surface area contributed by atoms with Crippen LogP contribution in [0.4, 0.5) is 34.1 Å². The smallest absolute Gasteiger partial charge is 0.150 e. The largest absolute Gasteiger partial charge is 0.497 e. The first-order valence-electron chi connectivity index (χ1n) is 15.3. The van der Waals surface area contributed by atoms with E-state index in [1.165, 1.54) is 11.1 Å². The number of aldehydes is 2. The third-order valence-electron chi connectivity index (χ3n) is 8.03. The van der Waals surface area contributed by atoms with Crippen molar-refractivity contribution in [3.05, 3.63) is 168 Å². The van der Waals surface area contributed by atoms with E-state index in [0.717, 1.165) is 64.6 Å². The lowest BCUT2D eigenvalue weighted by Crippen LogP contribution is -2.10. The lowest BCUT2D eigenvalue weighted by Gasteiger charge is -2.26. The number of ether oxygens (including phenoxy) is 2. The van der Waals surface area contributed by atoms with Gasteiger partial charge in [-0.1, -0.05) is 24.3 Å². The fourth-order valence-corrected chi connectivity index (χ4v) is 5.52. The molecule has 0 aromatic heterocycles. The molecule has 0 saturated carbocycles. The molecule has 0 aliphatic heterocycles. The number of hydrogen-bond donors (Lipinski definition) is 0. The monoisotopic (exact) mass is 618 g/mol. The van der Waals surface area contributed by atoms with E-state index in [1.54, 1.807) is 38.5 Å². The molecule has 0 aliphatic carbocycles. The molecular weight excluding hydrogens is 584 g/mol. The number of carbonyl (C=O) groups is 2. The van der Waals surface area contributed by atoms with Crippen LogP contribution in [0.3, 0.4) is 0 Å². The molecule has 0 heterocycles. The summed E-state index contributed by atoms with van der Waals surface area (Å²) in [4.78, 5) is 26.8. The van der Waals surface area contributed by atoms with Crippen molar-refractivity contribution in [3.8, 4) is 11.5 Å². The summed E-state index contributed by atoms with van der Waals surface area (Å²) < 4.78 is 10.8. The Morgan fingerprint density at radius 3 is 0.915 bits per heavy atom. The molecule has 6 aromatic rings. The first-order valence-corrected chi connectivity index (χ1v) is 15.3. The Kier molecular flexibility index (Phi) is 9.40. The summed E-state index contributed by atoms with van der Waals surface area (Å²) >= 11 is 0. The quantitative estimate of drug-likeness (QED) is 0.127. The van der Waals surface area contributed by atoms with Crippen molar-refractivity contribution < 1.29 is 19.1 Å². The van der Waals surface area contributed by atoms with Gasteiger partial charge in [0.25, 0.3) is 0 Å². The third-order valence-corrected chi connectivity index (χ3v) is 8.03. The second kappa shape index (κ2) is 14.3. The summed E-state index contributed by atoms with van der Waals surface area (Å²) in [5, 5.41) is 0. The Morgan fingerprint density at radius 1 is 0.404 bits per heavy atom. The van der Waals surface area contributed by atoms with Gasteiger partial charge < -0.3 is 19.3 Å². The maximum atomic E-state index is 11.3. The van der Waals surface area contributed by atoms with Crippen molar-refractivity contribution >= 4 is 46.7 Å². The number of carbonyl (C=O) groups excluding carboxylic acids is 2. The van der Waals surface area contributed by atoms with Crippen LogP contribution < -0.4 is 19.3 Å². The van der Waals surface area contributed by atoms with Crippen LogP contribution in [0, 0.1) is 0 Å². The first kappa shape index (κ1) is 30.9. The molecule has 0 unspecified atom stereocenters. The second-order valence-electron chi connectivity index (χ2n) is 11.0. The molecule has 6 rings (SSSR count). The zero-order chi connectivity index (χ0) is 32.6. The fourth-order valence-electron chi connectivity index (χ4n) is 5.52. The zero-order valence-electron chi connectivity index (χ0n) is 26.2. The van der Waals surface area contributed by atoms with E-state index in [9.17, 15) is 9.59 Å². The highest BCUT2D eigenvalue weighted by atomic mass is 16.5. The van der Waals surface area contributed by atoms with E-state index >= 15 is 0 Å². The Morgan fingerprint density at radius 2 is 0.660 bits per heavy atom. The summed E-state index contributed by atoms with van der Waals surface area (Å²) in [7, 11) is 3.34. The van der Waals surface area contributed by atoms with Crippen molar-refractivity contribution in [1.29, 1.82) is 0 Å². The van der Waals surface area contributed by atoms with Crippen LogP contribution in [0.15, 0.2) is 146 Å². The van der Waals surface area contributed by atoms with Crippen LogP contribution in [-0.4, -0.2) is 26.8 Å². The molecule has 0 atom stereocenters. The van der Waals surface area contributed by atoms with E-state index in [0.29, 0.717) is 11.1 Å². The Labute approximate surface area is 275 Å². The van der Waals surface area contributed by atoms with Gasteiger partial charge in [0.1, 0.15) is 24.1 Å². The summed E-state index contributed by atoms with van der Waals surface area (Å²) in [6, 6.07) is 48.1. The molecule has 0 amide bonds. The first-order chi connectivity index (χ1) is 23.1. The maximum Gasteiger partial charge on any atom is 0.150 e. The highest BCUT2D eigenvalue weighted by Gasteiger charge is 2.15. The molecule has 0 N–H and O–H groups in total. The predicted octanol–water partition coefficient (Wildman–Crippen LogP) is 9.86. The van der Waals surface area contributed by atoms with Crippen molar-refractivity contribution in [2.45, 2.75) is 6.42 Å². The molecule has 0 radical (unpaired) electrons. The number of nitrogens with zero attached hydrogens (tertiary/aromatic N) is 2. The molecule has 6 heteroatoms. The van der Waals surface area contributed by atoms with Gasteiger partial charge in [-0.05, 0) is 139 Å². The minimum atomic E-state index is 0.613. The molecule has 0 spiro atoms. The molecule has 232 valence electrons. The normalized spacial score (nSPS) is 10.6. The maximum absolute atomic E-state index is 11.3. The summed E-state index contributed by atoms with van der Waals surface area (Å²) in [5.41, 5.74) is 9.47. The number of rotatable bonds is 12. The molecule has 0 aliphatic rings. The van der Waals surface area contributed by atoms with E-state index in [-0.39, 0.29) is 0 Å². The Bertz CT molecular complexity index is 1820. The molecule has 0 fully saturated rings. The van der Waals surface area contributed by atoms with Gasteiger partial charge in [-0.2, -0.15) is 0 Å². The Balaban J connectivity index is 1.25. The van der Waals surface area contributed by atoms with Gasteiger partial charge in [0.2, 0.25) is 0 Å². The fraction of sp³-hybridized carbons (Fsp3) is 0.0732. The minimum Gasteiger partial charge on any atom is -0.497 e. The van der Waals surface area contributed by atoms with Crippen molar-refractivity contribution in [3.63, 3.8) is 0 Å². The van der Waals surface area contributed by atoms with Crippen LogP contribution in [0.5, 0.6) is 11.5 Å². The van der Waals surface area contributed by atoms with Gasteiger partial charge >= 0.3 is 0 Å². The van der Waals surface area contributed by atoms with E-state index in [4.69, 9.17) is 9.47 Å². The third kappa shape index (κ3) is 7.08.